The first-order valence-corrected chi connectivity index (χ1v) is 7.59. The maximum atomic E-state index is 12.2. The van der Waals surface area contributed by atoms with Crippen LogP contribution in [0.5, 0.6) is 0 Å². The molecule has 5 heteroatoms. The van der Waals surface area contributed by atoms with E-state index in [1.807, 2.05) is 24.4 Å². The van der Waals surface area contributed by atoms with Crippen molar-refractivity contribution in [3.8, 4) is 0 Å². The third-order valence-electron chi connectivity index (χ3n) is 3.20. The smallest absolute Gasteiger partial charge is 0.328 e. The zero-order valence-electron chi connectivity index (χ0n) is 11.1. The molecule has 104 valence electrons. The van der Waals surface area contributed by atoms with Crippen molar-refractivity contribution in [3.05, 3.63) is 22.4 Å². The molecule has 0 aliphatic carbocycles. The Balaban J connectivity index is 1.94. The van der Waals surface area contributed by atoms with Crippen LogP contribution in [0.1, 0.15) is 31.1 Å². The zero-order chi connectivity index (χ0) is 13.7. The summed E-state index contributed by atoms with van der Waals surface area (Å²) in [4.78, 5) is 26.9. The Labute approximate surface area is 117 Å². The first-order chi connectivity index (χ1) is 9.22. The van der Waals surface area contributed by atoms with E-state index < -0.39 is 0 Å². The molecule has 1 aliphatic heterocycles. The Morgan fingerprint density at radius 2 is 2.37 bits per heavy atom. The summed E-state index contributed by atoms with van der Waals surface area (Å²) in [7, 11) is 0. The molecule has 1 amide bonds. The van der Waals surface area contributed by atoms with E-state index in [4.69, 9.17) is 4.74 Å². The molecule has 1 unspecified atom stereocenters. The molecule has 1 saturated heterocycles. The van der Waals surface area contributed by atoms with Crippen LogP contribution in [-0.2, 0) is 20.7 Å². The van der Waals surface area contributed by atoms with Crippen LogP contribution in [0, 0.1) is 0 Å². The number of nitrogens with zero attached hydrogens (tertiary/aromatic N) is 1. The average Bonchev–Trinajstić information content (AvgIpc) is 3.05. The summed E-state index contributed by atoms with van der Waals surface area (Å²) in [5, 5.41) is 1.96. The van der Waals surface area contributed by atoms with E-state index in [1.165, 1.54) is 0 Å². The fourth-order valence-corrected chi connectivity index (χ4v) is 2.97. The summed E-state index contributed by atoms with van der Waals surface area (Å²) in [6.07, 6.45) is 2.79. The lowest BCUT2D eigenvalue weighted by molar-refractivity contribution is -0.153. The lowest BCUT2D eigenvalue weighted by Gasteiger charge is -2.23. The third-order valence-corrected chi connectivity index (χ3v) is 4.08. The second-order valence-electron chi connectivity index (χ2n) is 4.67. The van der Waals surface area contributed by atoms with Crippen molar-refractivity contribution >= 4 is 23.2 Å². The first kappa shape index (κ1) is 14.1. The number of hydrogen-bond acceptors (Lipinski definition) is 4. The molecule has 1 atom stereocenters. The largest absolute Gasteiger partial charge is 0.464 e. The molecule has 0 radical (unpaired) electrons. The molecule has 0 aromatic carbocycles. The van der Waals surface area contributed by atoms with Crippen LogP contribution in [-0.4, -0.2) is 36.0 Å². The summed E-state index contributed by atoms with van der Waals surface area (Å²) in [6, 6.07) is 3.51. The van der Waals surface area contributed by atoms with Crippen molar-refractivity contribution in [1.82, 2.24) is 4.90 Å². The van der Waals surface area contributed by atoms with Crippen molar-refractivity contribution in [2.75, 3.05) is 13.2 Å². The predicted molar refractivity (Wildman–Crippen MR) is 74.0 cm³/mol. The normalized spacial score (nSPS) is 18.6. The molecule has 1 aromatic heterocycles. The molecule has 4 nitrogen and oxygen atoms in total. The second-order valence-corrected chi connectivity index (χ2v) is 5.70. The van der Waals surface area contributed by atoms with Crippen molar-refractivity contribution in [2.45, 2.75) is 38.6 Å². The quantitative estimate of drug-likeness (QED) is 0.778. The molecule has 0 spiro atoms. The van der Waals surface area contributed by atoms with Gasteiger partial charge in [0, 0.05) is 11.4 Å². The Hall–Kier alpha value is -1.36. The van der Waals surface area contributed by atoms with E-state index in [2.05, 4.69) is 0 Å². The van der Waals surface area contributed by atoms with E-state index in [9.17, 15) is 9.59 Å². The maximum Gasteiger partial charge on any atom is 0.328 e. The third kappa shape index (κ3) is 3.56. The number of likely N-dealkylation sites (tertiary alicyclic amines) is 1. The van der Waals surface area contributed by atoms with Gasteiger partial charge in [0.1, 0.15) is 6.04 Å². The van der Waals surface area contributed by atoms with Gasteiger partial charge in [-0.2, -0.15) is 0 Å². The van der Waals surface area contributed by atoms with Crippen LogP contribution in [0.25, 0.3) is 0 Å². The highest BCUT2D eigenvalue weighted by Crippen LogP contribution is 2.21. The summed E-state index contributed by atoms with van der Waals surface area (Å²) < 4.78 is 5.16. The van der Waals surface area contributed by atoms with E-state index in [0.29, 0.717) is 19.6 Å². The van der Waals surface area contributed by atoms with E-state index in [1.54, 1.807) is 16.2 Å². The predicted octanol–water partition coefficient (Wildman–Crippen LogP) is 2.23. The van der Waals surface area contributed by atoms with Gasteiger partial charge in [0.2, 0.25) is 5.91 Å². The molecule has 0 bridgehead atoms. The average molecular weight is 281 g/mol. The van der Waals surface area contributed by atoms with Crippen molar-refractivity contribution in [3.63, 3.8) is 0 Å². The topological polar surface area (TPSA) is 46.6 Å². The fourth-order valence-electron chi connectivity index (χ4n) is 2.27. The van der Waals surface area contributed by atoms with Crippen LogP contribution >= 0.6 is 11.3 Å². The van der Waals surface area contributed by atoms with Crippen LogP contribution in [0.2, 0.25) is 0 Å². The lowest BCUT2D eigenvalue weighted by atomic mass is 10.2. The molecule has 1 aromatic rings. The molecular weight excluding hydrogens is 262 g/mol. The number of carbonyl (C=O) groups is 2. The number of esters is 1. The van der Waals surface area contributed by atoms with E-state index in [0.717, 1.165) is 24.1 Å². The minimum absolute atomic E-state index is 0.0263. The summed E-state index contributed by atoms with van der Waals surface area (Å²) in [5.74, 6) is -0.225. The Morgan fingerprint density at radius 3 is 3.05 bits per heavy atom. The molecule has 0 saturated carbocycles. The van der Waals surface area contributed by atoms with Gasteiger partial charge in [0.15, 0.2) is 0 Å². The van der Waals surface area contributed by atoms with Gasteiger partial charge in [-0.3, -0.25) is 4.79 Å². The SMILES string of the molecule is CCCOC(=O)C1CCCN1C(=O)Cc1cccs1. The molecule has 19 heavy (non-hydrogen) atoms. The minimum atomic E-state index is -0.376. The Morgan fingerprint density at radius 1 is 1.53 bits per heavy atom. The number of thiophene rings is 1. The number of hydrogen-bond donors (Lipinski definition) is 0. The molecular formula is C14H19NO3S. The number of ether oxygens (including phenoxy) is 1. The molecule has 2 heterocycles. The highest BCUT2D eigenvalue weighted by Gasteiger charge is 2.34. The van der Waals surface area contributed by atoms with Gasteiger partial charge in [0.05, 0.1) is 13.0 Å². The highest BCUT2D eigenvalue weighted by atomic mass is 32.1. The highest BCUT2D eigenvalue weighted by molar-refractivity contribution is 7.10. The van der Waals surface area contributed by atoms with Crippen molar-refractivity contribution in [2.24, 2.45) is 0 Å². The summed E-state index contributed by atoms with van der Waals surface area (Å²) in [6.45, 7) is 3.06. The standard InChI is InChI=1S/C14H19NO3S/c1-2-8-18-14(17)12-6-3-7-15(12)13(16)10-11-5-4-9-19-11/h4-5,9,12H,2-3,6-8,10H2,1H3. The lowest BCUT2D eigenvalue weighted by Crippen LogP contribution is -2.42. The van der Waals surface area contributed by atoms with E-state index in [-0.39, 0.29) is 17.9 Å². The van der Waals surface area contributed by atoms with Gasteiger partial charge in [-0.1, -0.05) is 13.0 Å². The van der Waals surface area contributed by atoms with Crippen LogP contribution in [0.15, 0.2) is 17.5 Å². The minimum Gasteiger partial charge on any atom is -0.464 e. The van der Waals surface area contributed by atoms with Crippen molar-refractivity contribution < 1.29 is 14.3 Å². The van der Waals surface area contributed by atoms with Gasteiger partial charge >= 0.3 is 5.97 Å². The van der Waals surface area contributed by atoms with Crippen LogP contribution < -0.4 is 0 Å². The molecule has 1 fully saturated rings. The molecule has 1 aliphatic rings. The van der Waals surface area contributed by atoms with E-state index >= 15 is 0 Å². The fraction of sp³-hybridized carbons (Fsp3) is 0.571. The Kier molecular flexibility index (Phi) is 4.96. The van der Waals surface area contributed by atoms with Crippen LogP contribution in [0.4, 0.5) is 0 Å². The maximum absolute atomic E-state index is 12.2. The van der Waals surface area contributed by atoms with Crippen LogP contribution in [0.3, 0.4) is 0 Å². The first-order valence-electron chi connectivity index (χ1n) is 6.71. The zero-order valence-corrected chi connectivity index (χ0v) is 11.9. The number of rotatable bonds is 5. The second kappa shape index (κ2) is 6.70. The van der Waals surface area contributed by atoms with Crippen molar-refractivity contribution in [1.29, 1.82) is 0 Å². The summed E-state index contributed by atoms with van der Waals surface area (Å²) >= 11 is 1.57. The molecule has 0 N–H and O–H groups in total. The Bertz CT molecular complexity index is 430. The number of amides is 1. The number of carbonyl (C=O) groups excluding carboxylic acids is 2. The monoisotopic (exact) mass is 281 g/mol. The van der Waals surface area contributed by atoms with Gasteiger partial charge < -0.3 is 9.64 Å². The van der Waals surface area contributed by atoms with Gasteiger partial charge in [-0.05, 0) is 30.7 Å². The van der Waals surface area contributed by atoms with Gasteiger partial charge in [-0.15, -0.1) is 11.3 Å². The molecule has 2 rings (SSSR count). The van der Waals surface area contributed by atoms with Gasteiger partial charge in [0.25, 0.3) is 0 Å². The van der Waals surface area contributed by atoms with Gasteiger partial charge in [-0.25, -0.2) is 4.79 Å². The summed E-state index contributed by atoms with van der Waals surface area (Å²) in [5.41, 5.74) is 0.